The maximum absolute atomic E-state index is 14.4. The minimum Gasteiger partial charge on any atom is -0.387 e. The van der Waals surface area contributed by atoms with E-state index in [4.69, 9.17) is 0 Å². The fraction of sp³-hybridized carbons (Fsp3) is 0.474. The maximum atomic E-state index is 14.4. The fourth-order valence-electron chi connectivity index (χ4n) is 3.07. The molecule has 3 N–H and O–H groups in total. The number of halogens is 1. The largest absolute Gasteiger partial charge is 0.387 e. The van der Waals surface area contributed by atoms with Gasteiger partial charge in [-0.3, -0.25) is 9.38 Å². The van der Waals surface area contributed by atoms with Crippen LogP contribution in [0.4, 0.5) is 10.3 Å². The van der Waals surface area contributed by atoms with Crippen molar-refractivity contribution in [2.24, 2.45) is 0 Å². The van der Waals surface area contributed by atoms with Gasteiger partial charge in [0.05, 0.1) is 36.1 Å². The molecule has 0 radical (unpaired) electrons. The predicted molar refractivity (Wildman–Crippen MR) is 105 cm³/mol. The minimum absolute atomic E-state index is 0.154. The Labute approximate surface area is 163 Å². The lowest BCUT2D eigenvalue weighted by Gasteiger charge is -2.23. The molecule has 3 aromatic heterocycles. The lowest BCUT2D eigenvalue weighted by molar-refractivity contribution is 0.194. The minimum atomic E-state index is -0.735. The van der Waals surface area contributed by atoms with Gasteiger partial charge in [0.15, 0.2) is 11.5 Å². The molecule has 1 aliphatic rings. The molecular weight excluding hydrogens is 361 g/mol. The average Bonchev–Trinajstić information content (AvgIpc) is 3.15. The van der Waals surface area contributed by atoms with Gasteiger partial charge in [-0.25, -0.2) is 19.3 Å². The molecule has 0 bridgehead atoms. The number of anilines is 1. The Bertz CT molecular complexity index is 922. The number of piperidine rings is 1. The zero-order chi connectivity index (χ0) is 20.1. The summed E-state index contributed by atoms with van der Waals surface area (Å²) in [5, 5.41) is 16.3. The van der Waals surface area contributed by atoms with Crippen LogP contribution in [-0.2, 0) is 0 Å². The Kier molecular flexibility index (Phi) is 6.48. The quantitative estimate of drug-likeness (QED) is 0.632. The van der Waals surface area contributed by atoms with Gasteiger partial charge in [0.2, 0.25) is 5.95 Å². The molecule has 2 unspecified atom stereocenters. The SMILES string of the molecule is CC.CC(O)c1cn2c(-c3nc(NC4CCCNC4)ncc3F)cnc2cn1. The van der Waals surface area contributed by atoms with Crippen molar-refractivity contribution in [3.05, 3.63) is 36.3 Å². The first-order valence-corrected chi connectivity index (χ1v) is 9.63. The van der Waals surface area contributed by atoms with E-state index in [2.05, 4.69) is 30.6 Å². The molecule has 28 heavy (non-hydrogen) atoms. The summed E-state index contributed by atoms with van der Waals surface area (Å²) < 4.78 is 16.1. The van der Waals surface area contributed by atoms with E-state index in [9.17, 15) is 9.50 Å². The number of hydrogen-bond acceptors (Lipinski definition) is 7. The highest BCUT2D eigenvalue weighted by Crippen LogP contribution is 2.24. The van der Waals surface area contributed by atoms with Crippen LogP contribution in [-0.4, -0.2) is 48.6 Å². The smallest absolute Gasteiger partial charge is 0.223 e. The van der Waals surface area contributed by atoms with Gasteiger partial charge < -0.3 is 15.7 Å². The molecule has 3 aromatic rings. The molecule has 1 aliphatic heterocycles. The first-order chi connectivity index (χ1) is 13.6. The summed E-state index contributed by atoms with van der Waals surface area (Å²) in [5.74, 6) is -0.149. The molecule has 0 spiro atoms. The first kappa shape index (κ1) is 20.1. The van der Waals surface area contributed by atoms with Crippen LogP contribution in [0.2, 0.25) is 0 Å². The number of aliphatic hydroxyl groups is 1. The third-order valence-electron chi connectivity index (χ3n) is 4.46. The fourth-order valence-corrected chi connectivity index (χ4v) is 3.07. The first-order valence-electron chi connectivity index (χ1n) is 9.63. The molecular formula is C19H26FN7O. The number of aromatic nitrogens is 5. The van der Waals surface area contributed by atoms with Crippen LogP contribution in [0.3, 0.4) is 0 Å². The second-order valence-electron chi connectivity index (χ2n) is 6.44. The summed E-state index contributed by atoms with van der Waals surface area (Å²) in [4.78, 5) is 16.8. The molecule has 0 aliphatic carbocycles. The van der Waals surface area contributed by atoms with E-state index >= 15 is 0 Å². The highest BCUT2D eigenvalue weighted by atomic mass is 19.1. The molecule has 2 atom stereocenters. The molecule has 150 valence electrons. The number of nitrogens with one attached hydrogen (secondary N) is 2. The second-order valence-corrected chi connectivity index (χ2v) is 6.44. The monoisotopic (exact) mass is 387 g/mol. The van der Waals surface area contributed by atoms with Crippen LogP contribution in [0.25, 0.3) is 17.0 Å². The van der Waals surface area contributed by atoms with Crippen molar-refractivity contribution in [2.45, 2.75) is 45.8 Å². The third kappa shape index (κ3) is 4.26. The van der Waals surface area contributed by atoms with Gasteiger partial charge >= 0.3 is 0 Å². The number of aliphatic hydroxyl groups excluding tert-OH is 1. The lowest BCUT2D eigenvalue weighted by Crippen LogP contribution is -2.38. The molecule has 8 nitrogen and oxygen atoms in total. The molecule has 4 heterocycles. The van der Waals surface area contributed by atoms with Gasteiger partial charge in [-0.2, -0.15) is 0 Å². The van der Waals surface area contributed by atoms with E-state index in [1.807, 2.05) is 13.8 Å². The number of hydrogen-bond donors (Lipinski definition) is 3. The van der Waals surface area contributed by atoms with Crippen molar-refractivity contribution in [3.63, 3.8) is 0 Å². The maximum Gasteiger partial charge on any atom is 0.223 e. The molecule has 0 amide bonds. The summed E-state index contributed by atoms with van der Waals surface area (Å²) in [7, 11) is 0. The van der Waals surface area contributed by atoms with Crippen LogP contribution in [0.1, 0.15) is 45.4 Å². The zero-order valence-corrected chi connectivity index (χ0v) is 16.4. The van der Waals surface area contributed by atoms with E-state index in [0.717, 1.165) is 32.1 Å². The van der Waals surface area contributed by atoms with Crippen molar-refractivity contribution in [2.75, 3.05) is 18.4 Å². The average molecular weight is 387 g/mol. The second kappa shape index (κ2) is 9.03. The lowest BCUT2D eigenvalue weighted by atomic mass is 10.1. The molecule has 1 fully saturated rings. The van der Waals surface area contributed by atoms with Crippen molar-refractivity contribution >= 4 is 11.6 Å². The van der Waals surface area contributed by atoms with E-state index in [-0.39, 0.29) is 11.7 Å². The Morgan fingerprint density at radius 2 is 2.07 bits per heavy atom. The van der Waals surface area contributed by atoms with E-state index in [1.165, 1.54) is 6.20 Å². The van der Waals surface area contributed by atoms with Gasteiger partial charge in [-0.15, -0.1) is 0 Å². The van der Waals surface area contributed by atoms with Crippen LogP contribution in [0.5, 0.6) is 0 Å². The normalized spacial score (nSPS) is 17.7. The Balaban J connectivity index is 0.00000109. The van der Waals surface area contributed by atoms with Crippen LogP contribution in [0, 0.1) is 5.82 Å². The van der Waals surface area contributed by atoms with Gasteiger partial charge in [0.25, 0.3) is 0 Å². The third-order valence-corrected chi connectivity index (χ3v) is 4.46. The number of nitrogens with zero attached hydrogens (tertiary/aromatic N) is 5. The van der Waals surface area contributed by atoms with E-state index < -0.39 is 11.9 Å². The Morgan fingerprint density at radius 3 is 2.79 bits per heavy atom. The molecule has 4 rings (SSSR count). The van der Waals surface area contributed by atoms with Crippen LogP contribution >= 0.6 is 0 Å². The van der Waals surface area contributed by atoms with Gasteiger partial charge in [0.1, 0.15) is 5.69 Å². The van der Waals surface area contributed by atoms with Crippen molar-refractivity contribution in [1.29, 1.82) is 0 Å². The van der Waals surface area contributed by atoms with Gasteiger partial charge in [-0.1, -0.05) is 13.8 Å². The Hall–Kier alpha value is -2.65. The number of imidazole rings is 1. The number of fused-ring (bicyclic) bond motifs is 1. The van der Waals surface area contributed by atoms with Crippen molar-refractivity contribution in [1.82, 2.24) is 29.7 Å². The summed E-state index contributed by atoms with van der Waals surface area (Å²) in [6.45, 7) is 7.46. The summed E-state index contributed by atoms with van der Waals surface area (Å²) in [5.41, 5.74) is 1.65. The standard InChI is InChI=1S/C17H20FN7O.C2H6/c1-10(26)13-9-25-14(7-21-15(25)8-20-13)16-12(18)6-22-17(24-16)23-11-3-2-4-19-5-11;1-2/h6-11,19,26H,2-5H2,1H3,(H,22,23,24);1-2H3. The zero-order valence-electron chi connectivity index (χ0n) is 16.4. The van der Waals surface area contributed by atoms with Crippen LogP contribution in [0.15, 0.2) is 24.8 Å². The molecule has 0 saturated carbocycles. The van der Waals surface area contributed by atoms with E-state index in [0.29, 0.717) is 23.0 Å². The van der Waals surface area contributed by atoms with Gasteiger partial charge in [-0.05, 0) is 26.3 Å². The number of rotatable bonds is 4. The molecule has 1 saturated heterocycles. The van der Waals surface area contributed by atoms with Crippen LogP contribution < -0.4 is 10.6 Å². The molecule has 0 aromatic carbocycles. The van der Waals surface area contributed by atoms with Gasteiger partial charge in [0, 0.05) is 18.8 Å². The van der Waals surface area contributed by atoms with E-state index in [1.54, 1.807) is 23.7 Å². The Morgan fingerprint density at radius 1 is 1.25 bits per heavy atom. The highest BCUT2D eigenvalue weighted by molar-refractivity contribution is 5.61. The predicted octanol–water partition coefficient (Wildman–Crippen LogP) is 2.57. The topological polar surface area (TPSA) is 100 Å². The summed E-state index contributed by atoms with van der Waals surface area (Å²) >= 11 is 0. The van der Waals surface area contributed by atoms with Crippen molar-refractivity contribution in [3.8, 4) is 11.4 Å². The summed E-state index contributed by atoms with van der Waals surface area (Å²) in [6.07, 6.45) is 7.24. The summed E-state index contributed by atoms with van der Waals surface area (Å²) in [6, 6.07) is 0.218. The van der Waals surface area contributed by atoms with Crippen molar-refractivity contribution < 1.29 is 9.50 Å². The molecule has 9 heteroatoms. The highest BCUT2D eigenvalue weighted by Gasteiger charge is 2.18.